The number of carbonyl (C=O) groups is 1. The quantitative estimate of drug-likeness (QED) is 0.803. The number of carboxylic acids is 1. The van der Waals surface area contributed by atoms with Crippen LogP contribution in [0.1, 0.15) is 47.0 Å². The molecule has 3 atom stereocenters. The number of hydrogen-bond acceptors (Lipinski definition) is 4. The molecule has 0 aromatic heterocycles. The van der Waals surface area contributed by atoms with Gasteiger partial charge in [0.2, 0.25) is 0 Å². The lowest BCUT2D eigenvalue weighted by molar-refractivity contribution is -0.146. The van der Waals surface area contributed by atoms with Crippen LogP contribution < -0.4 is 5.32 Å². The highest BCUT2D eigenvalue weighted by molar-refractivity contribution is 5.78. The maximum Gasteiger partial charge on any atom is 0.324 e. The molecule has 2 aliphatic heterocycles. The Morgan fingerprint density at radius 1 is 1.38 bits per heavy atom. The first-order chi connectivity index (χ1) is 9.82. The highest BCUT2D eigenvalue weighted by Crippen LogP contribution is 2.25. The Balaban J connectivity index is 2.04. The fraction of sp³-hybridized carbons (Fsp3) is 0.938. The first-order valence-corrected chi connectivity index (χ1v) is 8.31. The van der Waals surface area contributed by atoms with Crippen LogP contribution in [0.2, 0.25) is 0 Å². The summed E-state index contributed by atoms with van der Waals surface area (Å²) in [4.78, 5) is 16.7. The van der Waals surface area contributed by atoms with Crippen LogP contribution in [-0.2, 0) is 4.79 Å². The molecule has 2 rings (SSSR count). The molecule has 122 valence electrons. The standard InChI is InChI=1S/C16H31N3O2/c1-12(2)17-16(4,15(20)21)11-19-10-14-7-5-6-8-18(14)9-13(19)3/h12-14,17H,5-11H2,1-4H3,(H,20,21). The lowest BCUT2D eigenvalue weighted by Gasteiger charge is -2.49. The first-order valence-electron chi connectivity index (χ1n) is 8.31. The zero-order valence-electron chi connectivity index (χ0n) is 13.9. The molecule has 0 aromatic carbocycles. The first kappa shape index (κ1) is 16.7. The third kappa shape index (κ3) is 3.96. The molecule has 0 bridgehead atoms. The van der Waals surface area contributed by atoms with Gasteiger partial charge in [-0.25, -0.2) is 0 Å². The van der Waals surface area contributed by atoms with Crippen molar-refractivity contribution in [1.29, 1.82) is 0 Å². The maximum absolute atomic E-state index is 11.7. The van der Waals surface area contributed by atoms with Crippen molar-refractivity contribution in [2.45, 2.75) is 70.6 Å². The molecule has 0 aromatic rings. The second-order valence-corrected chi connectivity index (χ2v) is 7.36. The van der Waals surface area contributed by atoms with Gasteiger partial charge in [-0.15, -0.1) is 0 Å². The Morgan fingerprint density at radius 2 is 2.10 bits per heavy atom. The number of aliphatic carboxylic acids is 1. The molecule has 21 heavy (non-hydrogen) atoms. The van der Waals surface area contributed by atoms with Gasteiger partial charge >= 0.3 is 5.97 Å². The molecule has 0 saturated carbocycles. The van der Waals surface area contributed by atoms with E-state index in [1.54, 1.807) is 0 Å². The number of nitrogens with one attached hydrogen (secondary N) is 1. The van der Waals surface area contributed by atoms with E-state index in [-0.39, 0.29) is 6.04 Å². The zero-order chi connectivity index (χ0) is 15.6. The van der Waals surface area contributed by atoms with Gasteiger partial charge < -0.3 is 5.11 Å². The number of fused-ring (bicyclic) bond motifs is 1. The average molecular weight is 297 g/mol. The topological polar surface area (TPSA) is 55.8 Å². The lowest BCUT2D eigenvalue weighted by Crippen LogP contribution is -2.65. The minimum atomic E-state index is -0.876. The summed E-state index contributed by atoms with van der Waals surface area (Å²) in [6.45, 7) is 11.9. The van der Waals surface area contributed by atoms with Crippen LogP contribution in [-0.4, -0.2) is 70.7 Å². The molecule has 2 fully saturated rings. The fourth-order valence-corrected chi connectivity index (χ4v) is 3.85. The maximum atomic E-state index is 11.7. The van der Waals surface area contributed by atoms with Crippen molar-refractivity contribution in [2.75, 3.05) is 26.2 Å². The van der Waals surface area contributed by atoms with E-state index in [1.165, 1.54) is 25.8 Å². The van der Waals surface area contributed by atoms with Gasteiger partial charge in [0.15, 0.2) is 0 Å². The van der Waals surface area contributed by atoms with Crippen LogP contribution >= 0.6 is 0 Å². The smallest absolute Gasteiger partial charge is 0.324 e. The molecular formula is C16H31N3O2. The van der Waals surface area contributed by atoms with Gasteiger partial charge in [-0.05, 0) is 47.1 Å². The van der Waals surface area contributed by atoms with Crippen LogP contribution in [0.25, 0.3) is 0 Å². The highest BCUT2D eigenvalue weighted by Gasteiger charge is 2.40. The van der Waals surface area contributed by atoms with Crippen LogP contribution in [0.5, 0.6) is 0 Å². The summed E-state index contributed by atoms with van der Waals surface area (Å²) in [7, 11) is 0. The van der Waals surface area contributed by atoms with Crippen molar-refractivity contribution in [1.82, 2.24) is 15.1 Å². The minimum absolute atomic E-state index is 0.164. The summed E-state index contributed by atoms with van der Waals surface area (Å²) in [6.07, 6.45) is 3.87. The van der Waals surface area contributed by atoms with Crippen molar-refractivity contribution >= 4 is 5.97 Å². The summed E-state index contributed by atoms with van der Waals surface area (Å²) >= 11 is 0. The Labute approximate surface area is 128 Å². The van der Waals surface area contributed by atoms with Gasteiger partial charge in [0.05, 0.1) is 0 Å². The Kier molecular flexibility index (Phi) is 5.28. The van der Waals surface area contributed by atoms with Crippen LogP contribution in [0.3, 0.4) is 0 Å². The molecule has 0 radical (unpaired) electrons. The molecule has 0 spiro atoms. The monoisotopic (exact) mass is 297 g/mol. The summed E-state index contributed by atoms with van der Waals surface area (Å²) in [5.74, 6) is -0.755. The third-order valence-corrected chi connectivity index (χ3v) is 4.91. The molecule has 5 nitrogen and oxygen atoms in total. The molecule has 2 N–H and O–H groups in total. The van der Waals surface area contributed by atoms with Crippen molar-refractivity contribution < 1.29 is 9.90 Å². The van der Waals surface area contributed by atoms with Gasteiger partial charge in [-0.3, -0.25) is 19.9 Å². The Morgan fingerprint density at radius 3 is 2.71 bits per heavy atom. The predicted octanol–water partition coefficient (Wildman–Crippen LogP) is 1.39. The van der Waals surface area contributed by atoms with E-state index in [9.17, 15) is 9.90 Å². The van der Waals surface area contributed by atoms with E-state index < -0.39 is 11.5 Å². The molecular weight excluding hydrogens is 266 g/mol. The largest absolute Gasteiger partial charge is 0.480 e. The average Bonchev–Trinajstić information content (AvgIpc) is 2.38. The van der Waals surface area contributed by atoms with Crippen molar-refractivity contribution in [3.8, 4) is 0 Å². The lowest BCUT2D eigenvalue weighted by atomic mass is 9.94. The van der Waals surface area contributed by atoms with Crippen LogP contribution in [0.4, 0.5) is 0 Å². The second-order valence-electron chi connectivity index (χ2n) is 7.36. The van der Waals surface area contributed by atoms with Crippen LogP contribution in [0, 0.1) is 0 Å². The summed E-state index contributed by atoms with van der Waals surface area (Å²) < 4.78 is 0. The SMILES string of the molecule is CC(C)NC(C)(CN1CC2CCCCN2CC1C)C(=O)O. The van der Waals surface area contributed by atoms with E-state index in [4.69, 9.17) is 0 Å². The van der Waals surface area contributed by atoms with Gasteiger partial charge in [-0.2, -0.15) is 0 Å². The second kappa shape index (κ2) is 6.63. The molecule has 3 unspecified atom stereocenters. The molecule has 2 heterocycles. The molecule has 0 aliphatic carbocycles. The van der Waals surface area contributed by atoms with Crippen molar-refractivity contribution in [3.63, 3.8) is 0 Å². The van der Waals surface area contributed by atoms with Gasteiger partial charge in [-0.1, -0.05) is 6.42 Å². The molecule has 0 amide bonds. The van der Waals surface area contributed by atoms with Crippen LogP contribution in [0.15, 0.2) is 0 Å². The van der Waals surface area contributed by atoms with E-state index in [0.717, 1.165) is 13.1 Å². The molecule has 2 aliphatic rings. The van der Waals surface area contributed by atoms with Crippen molar-refractivity contribution in [3.05, 3.63) is 0 Å². The number of piperazine rings is 1. The molecule has 5 heteroatoms. The normalized spacial score (nSPS) is 30.9. The highest BCUT2D eigenvalue weighted by atomic mass is 16.4. The number of nitrogens with zero attached hydrogens (tertiary/aromatic N) is 2. The Bertz CT molecular complexity index is 375. The fourth-order valence-electron chi connectivity index (χ4n) is 3.85. The number of rotatable bonds is 5. The third-order valence-electron chi connectivity index (χ3n) is 4.91. The van der Waals surface area contributed by atoms with Gasteiger partial charge in [0, 0.05) is 37.8 Å². The number of carboxylic acid groups (broad SMARTS) is 1. The molecule has 2 saturated heterocycles. The van der Waals surface area contributed by atoms with Gasteiger partial charge in [0.1, 0.15) is 5.54 Å². The number of hydrogen-bond donors (Lipinski definition) is 2. The summed E-state index contributed by atoms with van der Waals surface area (Å²) in [5.41, 5.74) is -0.876. The van der Waals surface area contributed by atoms with E-state index in [1.807, 2.05) is 20.8 Å². The summed E-state index contributed by atoms with van der Waals surface area (Å²) in [5, 5.41) is 12.9. The minimum Gasteiger partial charge on any atom is -0.480 e. The van der Waals surface area contributed by atoms with E-state index in [2.05, 4.69) is 22.0 Å². The van der Waals surface area contributed by atoms with E-state index >= 15 is 0 Å². The van der Waals surface area contributed by atoms with Gasteiger partial charge in [0.25, 0.3) is 0 Å². The summed E-state index contributed by atoms with van der Waals surface area (Å²) in [6, 6.07) is 1.21. The van der Waals surface area contributed by atoms with E-state index in [0.29, 0.717) is 18.6 Å². The van der Waals surface area contributed by atoms with Crippen molar-refractivity contribution in [2.24, 2.45) is 0 Å². The Hall–Kier alpha value is -0.650. The predicted molar refractivity (Wildman–Crippen MR) is 84.6 cm³/mol. The zero-order valence-corrected chi connectivity index (χ0v) is 13.9. The number of piperidine rings is 1.